The van der Waals surface area contributed by atoms with Crippen molar-refractivity contribution >= 4 is 11.8 Å². The van der Waals surface area contributed by atoms with Crippen LogP contribution in [0.4, 0.5) is 0 Å². The van der Waals surface area contributed by atoms with E-state index in [1.54, 1.807) is 0 Å². The molecule has 0 amide bonds. The standard InChI is InChI=1S/C15H23NS/c1-11-6-5-7-13(10-11)17-15-9-4-3-8-14(15)12(2)16/h3-4,8-9,11-13H,5-7,10,16H2,1-2H3/t11?,12-,13?/m0/s1. The molecule has 1 fully saturated rings. The molecule has 17 heavy (non-hydrogen) atoms. The highest BCUT2D eigenvalue weighted by atomic mass is 32.2. The van der Waals surface area contributed by atoms with Gasteiger partial charge in [-0.15, -0.1) is 11.8 Å². The van der Waals surface area contributed by atoms with Crippen LogP contribution in [-0.4, -0.2) is 5.25 Å². The second kappa shape index (κ2) is 5.92. The maximum Gasteiger partial charge on any atom is 0.0277 e. The van der Waals surface area contributed by atoms with Gasteiger partial charge in [0.2, 0.25) is 0 Å². The molecule has 1 aliphatic carbocycles. The van der Waals surface area contributed by atoms with Gasteiger partial charge in [0.25, 0.3) is 0 Å². The molecule has 94 valence electrons. The highest BCUT2D eigenvalue weighted by Gasteiger charge is 2.20. The molecule has 0 heterocycles. The summed E-state index contributed by atoms with van der Waals surface area (Å²) in [5.74, 6) is 0.892. The van der Waals surface area contributed by atoms with Gasteiger partial charge in [-0.1, -0.05) is 38.0 Å². The lowest BCUT2D eigenvalue weighted by molar-refractivity contribution is 0.394. The van der Waals surface area contributed by atoms with Crippen molar-refractivity contribution in [3.63, 3.8) is 0 Å². The first kappa shape index (κ1) is 13.0. The van der Waals surface area contributed by atoms with Crippen LogP contribution in [-0.2, 0) is 0 Å². The Bertz CT molecular complexity index is 362. The lowest BCUT2D eigenvalue weighted by Gasteiger charge is -2.27. The van der Waals surface area contributed by atoms with E-state index in [0.717, 1.165) is 11.2 Å². The molecule has 1 aliphatic rings. The van der Waals surface area contributed by atoms with Gasteiger partial charge in [-0.3, -0.25) is 0 Å². The number of thioether (sulfide) groups is 1. The molecule has 0 aromatic heterocycles. The zero-order valence-corrected chi connectivity index (χ0v) is 11.7. The van der Waals surface area contributed by atoms with Gasteiger partial charge in [-0.05, 0) is 37.3 Å². The van der Waals surface area contributed by atoms with E-state index in [4.69, 9.17) is 5.73 Å². The number of benzene rings is 1. The normalized spacial score (nSPS) is 26.8. The average molecular weight is 249 g/mol. The van der Waals surface area contributed by atoms with Crippen LogP contribution in [0.15, 0.2) is 29.2 Å². The van der Waals surface area contributed by atoms with E-state index in [1.807, 2.05) is 11.8 Å². The Labute approximate surface area is 109 Å². The highest BCUT2D eigenvalue weighted by molar-refractivity contribution is 8.00. The molecule has 2 rings (SSSR count). The Morgan fingerprint density at radius 3 is 2.76 bits per heavy atom. The average Bonchev–Trinajstić information content (AvgIpc) is 2.29. The fourth-order valence-corrected chi connectivity index (χ4v) is 4.24. The van der Waals surface area contributed by atoms with Gasteiger partial charge in [0.05, 0.1) is 0 Å². The fourth-order valence-electron chi connectivity index (χ4n) is 2.63. The van der Waals surface area contributed by atoms with Crippen molar-refractivity contribution in [2.45, 2.75) is 55.7 Å². The number of nitrogens with two attached hydrogens (primary N) is 1. The molecule has 1 aromatic rings. The summed E-state index contributed by atoms with van der Waals surface area (Å²) in [6.07, 6.45) is 5.52. The topological polar surface area (TPSA) is 26.0 Å². The van der Waals surface area contributed by atoms with E-state index in [9.17, 15) is 0 Å². The van der Waals surface area contributed by atoms with Gasteiger partial charge in [-0.2, -0.15) is 0 Å². The summed E-state index contributed by atoms with van der Waals surface area (Å²) in [6, 6.07) is 8.74. The van der Waals surface area contributed by atoms with Crippen molar-refractivity contribution in [1.82, 2.24) is 0 Å². The molecule has 0 spiro atoms. The summed E-state index contributed by atoms with van der Waals surface area (Å²) >= 11 is 2.04. The van der Waals surface area contributed by atoms with Crippen molar-refractivity contribution in [3.05, 3.63) is 29.8 Å². The Hall–Kier alpha value is -0.470. The van der Waals surface area contributed by atoms with Crippen LogP contribution in [0.25, 0.3) is 0 Å². The molecule has 0 saturated heterocycles. The minimum atomic E-state index is 0.139. The fraction of sp³-hybridized carbons (Fsp3) is 0.600. The molecule has 2 heteroatoms. The van der Waals surface area contributed by atoms with Gasteiger partial charge in [0.15, 0.2) is 0 Å². The summed E-state index contributed by atoms with van der Waals surface area (Å²) in [6.45, 7) is 4.45. The molecule has 1 saturated carbocycles. The van der Waals surface area contributed by atoms with Gasteiger partial charge in [0.1, 0.15) is 0 Å². The van der Waals surface area contributed by atoms with Crippen molar-refractivity contribution in [2.24, 2.45) is 11.7 Å². The minimum absolute atomic E-state index is 0.139. The Kier molecular flexibility index (Phi) is 4.52. The second-order valence-electron chi connectivity index (χ2n) is 5.34. The van der Waals surface area contributed by atoms with Gasteiger partial charge in [-0.25, -0.2) is 0 Å². The lowest BCUT2D eigenvalue weighted by Crippen LogP contribution is -2.15. The first-order chi connectivity index (χ1) is 8.16. The summed E-state index contributed by atoms with van der Waals surface area (Å²) in [4.78, 5) is 1.39. The van der Waals surface area contributed by atoms with Crippen LogP contribution in [0.1, 0.15) is 51.1 Å². The maximum atomic E-state index is 6.03. The van der Waals surface area contributed by atoms with Crippen LogP contribution in [0.2, 0.25) is 0 Å². The molecule has 1 nitrogen and oxygen atoms in total. The third kappa shape index (κ3) is 3.49. The Balaban J connectivity index is 2.07. The first-order valence-corrected chi connectivity index (χ1v) is 7.56. The zero-order chi connectivity index (χ0) is 12.3. The van der Waals surface area contributed by atoms with E-state index < -0.39 is 0 Å². The van der Waals surface area contributed by atoms with Gasteiger partial charge < -0.3 is 5.73 Å². The molecule has 2 N–H and O–H groups in total. The predicted octanol–water partition coefficient (Wildman–Crippen LogP) is 4.38. The third-order valence-corrected chi connectivity index (χ3v) is 4.98. The molecular formula is C15H23NS. The molecule has 0 radical (unpaired) electrons. The summed E-state index contributed by atoms with van der Waals surface area (Å²) < 4.78 is 0. The van der Waals surface area contributed by atoms with Crippen LogP contribution in [0, 0.1) is 5.92 Å². The SMILES string of the molecule is CC1CCCC(Sc2ccccc2[C@H](C)N)C1. The van der Waals surface area contributed by atoms with Crippen LogP contribution in [0.3, 0.4) is 0 Å². The van der Waals surface area contributed by atoms with Crippen molar-refractivity contribution < 1.29 is 0 Å². The monoisotopic (exact) mass is 249 g/mol. The van der Waals surface area contributed by atoms with Crippen LogP contribution in [0.5, 0.6) is 0 Å². The molecular weight excluding hydrogens is 226 g/mol. The highest BCUT2D eigenvalue weighted by Crippen LogP contribution is 2.38. The molecule has 3 atom stereocenters. The van der Waals surface area contributed by atoms with E-state index in [0.29, 0.717) is 0 Å². The maximum absolute atomic E-state index is 6.03. The second-order valence-corrected chi connectivity index (χ2v) is 6.68. The van der Waals surface area contributed by atoms with E-state index >= 15 is 0 Å². The summed E-state index contributed by atoms with van der Waals surface area (Å²) in [5, 5.41) is 0.790. The first-order valence-electron chi connectivity index (χ1n) is 6.68. The number of hydrogen-bond donors (Lipinski definition) is 1. The molecule has 1 aromatic carbocycles. The Morgan fingerprint density at radius 2 is 2.06 bits per heavy atom. The van der Waals surface area contributed by atoms with Gasteiger partial charge in [0, 0.05) is 16.2 Å². The van der Waals surface area contributed by atoms with Crippen LogP contribution < -0.4 is 5.73 Å². The van der Waals surface area contributed by atoms with Crippen molar-refractivity contribution in [2.75, 3.05) is 0 Å². The lowest BCUT2D eigenvalue weighted by atomic mass is 9.91. The molecule has 0 aliphatic heterocycles. The quantitative estimate of drug-likeness (QED) is 0.860. The summed E-state index contributed by atoms with van der Waals surface area (Å²) in [5.41, 5.74) is 7.34. The Morgan fingerprint density at radius 1 is 1.29 bits per heavy atom. The molecule has 2 unspecified atom stereocenters. The molecule has 0 bridgehead atoms. The van der Waals surface area contributed by atoms with Crippen molar-refractivity contribution in [1.29, 1.82) is 0 Å². The zero-order valence-electron chi connectivity index (χ0n) is 10.9. The van der Waals surface area contributed by atoms with Crippen molar-refractivity contribution in [3.8, 4) is 0 Å². The third-order valence-electron chi connectivity index (χ3n) is 3.59. The van der Waals surface area contributed by atoms with Gasteiger partial charge >= 0.3 is 0 Å². The minimum Gasteiger partial charge on any atom is -0.324 e. The van der Waals surface area contributed by atoms with E-state index in [-0.39, 0.29) is 6.04 Å². The van der Waals surface area contributed by atoms with E-state index in [1.165, 1.54) is 36.1 Å². The number of hydrogen-bond acceptors (Lipinski definition) is 2. The largest absolute Gasteiger partial charge is 0.324 e. The predicted molar refractivity (Wildman–Crippen MR) is 76.3 cm³/mol. The van der Waals surface area contributed by atoms with Crippen LogP contribution >= 0.6 is 11.8 Å². The smallest absolute Gasteiger partial charge is 0.0277 e. The number of rotatable bonds is 3. The summed E-state index contributed by atoms with van der Waals surface area (Å²) in [7, 11) is 0. The van der Waals surface area contributed by atoms with E-state index in [2.05, 4.69) is 38.1 Å².